The number of pyridine rings is 1. The van der Waals surface area contributed by atoms with Crippen molar-refractivity contribution in [1.82, 2.24) is 14.8 Å². The number of aryl methyl sites for hydroxylation is 1. The van der Waals surface area contributed by atoms with Gasteiger partial charge in [-0.25, -0.2) is 4.39 Å². The smallest absolute Gasteiger partial charge is 0.324 e. The number of nitrogens with zero attached hydrogens (tertiary/aromatic N) is 4. The number of thiophene rings is 1. The zero-order valence-corrected chi connectivity index (χ0v) is 16.8. The Morgan fingerprint density at radius 1 is 1.07 bits per heavy atom. The van der Waals surface area contributed by atoms with E-state index >= 15 is 0 Å². The van der Waals surface area contributed by atoms with Crippen LogP contribution in [0.1, 0.15) is 25.7 Å². The number of carbonyl (C=O) groups is 2. The molecule has 0 bridgehead atoms. The molecule has 1 saturated heterocycles. The third-order valence-corrected chi connectivity index (χ3v) is 6.06. The molecular formula is C20H17FN4O4S. The Labute approximate surface area is 174 Å². The van der Waals surface area contributed by atoms with Crippen molar-refractivity contribution in [2.45, 2.75) is 6.92 Å². The van der Waals surface area contributed by atoms with Crippen molar-refractivity contribution in [3.8, 4) is 0 Å². The Morgan fingerprint density at radius 3 is 2.37 bits per heavy atom. The Hall–Kier alpha value is -3.40. The van der Waals surface area contributed by atoms with E-state index in [9.17, 15) is 24.1 Å². The summed E-state index contributed by atoms with van der Waals surface area (Å²) in [4.78, 5) is 43.8. The molecule has 1 aliphatic rings. The number of hydrogen-bond acceptors (Lipinski definition) is 6. The third-order valence-electron chi connectivity index (χ3n) is 5.04. The van der Waals surface area contributed by atoms with Crippen LogP contribution in [0.15, 0.2) is 36.4 Å². The van der Waals surface area contributed by atoms with Crippen LogP contribution < -0.4 is 0 Å². The Bertz CT molecular complexity index is 1170. The minimum atomic E-state index is -0.521. The first-order chi connectivity index (χ1) is 14.3. The van der Waals surface area contributed by atoms with E-state index in [2.05, 4.69) is 4.98 Å². The second kappa shape index (κ2) is 7.79. The van der Waals surface area contributed by atoms with Crippen LogP contribution >= 0.6 is 11.3 Å². The third kappa shape index (κ3) is 3.73. The molecule has 1 fully saturated rings. The number of nitro groups is 1. The molecule has 3 heterocycles. The summed E-state index contributed by atoms with van der Waals surface area (Å²) in [5.41, 5.74) is 1.45. The summed E-state index contributed by atoms with van der Waals surface area (Å²) in [7, 11) is 0. The number of amides is 2. The summed E-state index contributed by atoms with van der Waals surface area (Å²) in [6.45, 7) is 3.07. The molecule has 0 spiro atoms. The van der Waals surface area contributed by atoms with Crippen molar-refractivity contribution in [3.63, 3.8) is 0 Å². The van der Waals surface area contributed by atoms with E-state index in [-0.39, 0.29) is 22.6 Å². The second-order valence-electron chi connectivity index (χ2n) is 6.94. The molecule has 30 heavy (non-hydrogen) atoms. The van der Waals surface area contributed by atoms with Crippen molar-refractivity contribution in [3.05, 3.63) is 68.5 Å². The highest BCUT2D eigenvalue weighted by Gasteiger charge is 2.28. The Balaban J connectivity index is 1.46. The highest BCUT2D eigenvalue weighted by atomic mass is 32.1. The van der Waals surface area contributed by atoms with Gasteiger partial charge in [0.05, 0.1) is 26.6 Å². The highest BCUT2D eigenvalue weighted by molar-refractivity contribution is 7.17. The number of piperazine rings is 1. The van der Waals surface area contributed by atoms with Crippen LogP contribution in [-0.4, -0.2) is 57.7 Å². The molecule has 1 aliphatic heterocycles. The number of carbonyl (C=O) groups excluding carboxylic acids is 2. The standard InChI is InChI=1S/C20H17FN4O4S/c1-12-15(10-13-2-3-14(21)11-16(13)22-12)19(26)23-6-8-24(9-7-23)20(27)17-4-5-18(30-17)25(28)29/h2-5,10-11H,6-9H2,1H3. The summed E-state index contributed by atoms with van der Waals surface area (Å²) >= 11 is 0.845. The van der Waals surface area contributed by atoms with Gasteiger partial charge in [0.25, 0.3) is 11.8 Å². The first-order valence-corrected chi connectivity index (χ1v) is 10.0. The van der Waals surface area contributed by atoms with Crippen LogP contribution in [0.2, 0.25) is 0 Å². The van der Waals surface area contributed by atoms with Gasteiger partial charge in [-0.1, -0.05) is 11.3 Å². The van der Waals surface area contributed by atoms with E-state index in [1.807, 2.05) is 0 Å². The number of aromatic nitrogens is 1. The molecule has 0 atom stereocenters. The van der Waals surface area contributed by atoms with E-state index in [1.54, 1.807) is 28.9 Å². The number of halogens is 1. The zero-order valence-electron chi connectivity index (χ0n) is 16.0. The van der Waals surface area contributed by atoms with Gasteiger partial charge in [-0.2, -0.15) is 0 Å². The van der Waals surface area contributed by atoms with Gasteiger partial charge in [0, 0.05) is 43.7 Å². The molecule has 10 heteroatoms. The van der Waals surface area contributed by atoms with Gasteiger partial charge in [-0.3, -0.25) is 24.7 Å². The fourth-order valence-corrected chi connectivity index (χ4v) is 4.22. The first kappa shape index (κ1) is 19.9. The highest BCUT2D eigenvalue weighted by Crippen LogP contribution is 2.26. The monoisotopic (exact) mass is 428 g/mol. The van der Waals surface area contributed by atoms with Crippen LogP contribution in [0, 0.1) is 22.9 Å². The first-order valence-electron chi connectivity index (χ1n) is 9.23. The van der Waals surface area contributed by atoms with Gasteiger partial charge in [0.1, 0.15) is 5.82 Å². The van der Waals surface area contributed by atoms with E-state index in [0.717, 1.165) is 11.3 Å². The largest absolute Gasteiger partial charge is 0.335 e. The van der Waals surface area contributed by atoms with Crippen molar-refractivity contribution in [1.29, 1.82) is 0 Å². The lowest BCUT2D eigenvalue weighted by molar-refractivity contribution is -0.380. The predicted octanol–water partition coefficient (Wildman–Crippen LogP) is 3.25. The second-order valence-corrected chi connectivity index (χ2v) is 8.00. The molecule has 0 unspecified atom stereocenters. The van der Waals surface area contributed by atoms with E-state index < -0.39 is 4.92 Å². The molecule has 2 aromatic heterocycles. The molecule has 2 amide bonds. The van der Waals surface area contributed by atoms with Crippen molar-refractivity contribution >= 4 is 39.1 Å². The van der Waals surface area contributed by atoms with Crippen molar-refractivity contribution in [2.24, 2.45) is 0 Å². The van der Waals surface area contributed by atoms with Crippen LogP contribution in [0.25, 0.3) is 10.9 Å². The maximum atomic E-state index is 13.4. The minimum absolute atomic E-state index is 0.0775. The molecule has 0 radical (unpaired) electrons. The van der Waals surface area contributed by atoms with Gasteiger partial charge in [0.15, 0.2) is 0 Å². The molecular weight excluding hydrogens is 411 g/mol. The Kier molecular flexibility index (Phi) is 5.17. The average molecular weight is 428 g/mol. The quantitative estimate of drug-likeness (QED) is 0.471. The number of rotatable bonds is 3. The van der Waals surface area contributed by atoms with Gasteiger partial charge in [-0.15, -0.1) is 0 Å². The van der Waals surface area contributed by atoms with E-state index in [1.165, 1.54) is 24.3 Å². The summed E-state index contributed by atoms with van der Waals surface area (Å²) in [5, 5.41) is 11.4. The molecule has 1 aromatic carbocycles. The molecule has 0 saturated carbocycles. The fraction of sp³-hybridized carbons (Fsp3) is 0.250. The zero-order chi connectivity index (χ0) is 21.4. The summed E-state index contributed by atoms with van der Waals surface area (Å²) in [6.07, 6.45) is 0. The normalized spacial score (nSPS) is 14.2. The topological polar surface area (TPSA) is 96.7 Å². The lowest BCUT2D eigenvalue weighted by Gasteiger charge is -2.34. The molecule has 4 rings (SSSR count). The average Bonchev–Trinajstić information content (AvgIpc) is 3.23. The van der Waals surface area contributed by atoms with Gasteiger partial charge >= 0.3 is 5.00 Å². The maximum Gasteiger partial charge on any atom is 0.324 e. The van der Waals surface area contributed by atoms with Crippen LogP contribution in [0.4, 0.5) is 9.39 Å². The van der Waals surface area contributed by atoms with Crippen LogP contribution in [0.5, 0.6) is 0 Å². The minimum Gasteiger partial charge on any atom is -0.335 e. The fourth-order valence-electron chi connectivity index (χ4n) is 3.43. The molecule has 0 N–H and O–H groups in total. The van der Waals surface area contributed by atoms with E-state index in [4.69, 9.17) is 0 Å². The summed E-state index contributed by atoms with van der Waals surface area (Å²) in [6, 6.07) is 8.73. The lowest BCUT2D eigenvalue weighted by atomic mass is 10.1. The van der Waals surface area contributed by atoms with Crippen molar-refractivity contribution < 1.29 is 18.9 Å². The Morgan fingerprint density at radius 2 is 1.73 bits per heavy atom. The van der Waals surface area contributed by atoms with Crippen molar-refractivity contribution in [2.75, 3.05) is 26.2 Å². The number of fused-ring (bicyclic) bond motifs is 1. The van der Waals surface area contributed by atoms with Gasteiger partial charge in [-0.05, 0) is 31.2 Å². The van der Waals surface area contributed by atoms with Gasteiger partial charge in [0.2, 0.25) is 0 Å². The van der Waals surface area contributed by atoms with Gasteiger partial charge < -0.3 is 9.80 Å². The van der Waals surface area contributed by atoms with Crippen LogP contribution in [0.3, 0.4) is 0 Å². The molecule has 154 valence electrons. The predicted molar refractivity (Wildman–Crippen MR) is 109 cm³/mol. The number of benzene rings is 1. The van der Waals surface area contributed by atoms with E-state index in [0.29, 0.717) is 53.2 Å². The SMILES string of the molecule is Cc1nc2cc(F)ccc2cc1C(=O)N1CCN(C(=O)c2ccc([N+](=O)[O-])s2)CC1. The summed E-state index contributed by atoms with van der Waals surface area (Å²) < 4.78 is 13.4. The summed E-state index contributed by atoms with van der Waals surface area (Å²) in [5.74, 6) is -0.846. The number of hydrogen-bond donors (Lipinski definition) is 0. The maximum absolute atomic E-state index is 13.4. The van der Waals surface area contributed by atoms with Crippen LogP contribution in [-0.2, 0) is 0 Å². The molecule has 3 aromatic rings. The molecule has 0 aliphatic carbocycles. The lowest BCUT2D eigenvalue weighted by Crippen LogP contribution is -2.50. The molecule has 8 nitrogen and oxygen atoms in total.